The average molecular weight is 391 g/mol. The topological polar surface area (TPSA) is 57.8 Å². The van der Waals surface area contributed by atoms with Crippen LogP contribution in [0.5, 0.6) is 0 Å². The van der Waals surface area contributed by atoms with Gasteiger partial charge < -0.3 is 9.88 Å². The average Bonchev–Trinajstić information content (AvgIpc) is 3.05. The Hall–Kier alpha value is -4.10. The number of nitrogens with zero attached hydrogens (tertiary/aromatic N) is 2. The monoisotopic (exact) mass is 391 g/mol. The van der Waals surface area contributed by atoms with Crippen LogP contribution in [0.25, 0.3) is 22.5 Å². The van der Waals surface area contributed by atoms with Crippen molar-refractivity contribution in [2.24, 2.45) is 0 Å². The van der Waals surface area contributed by atoms with Crippen molar-refractivity contribution < 1.29 is 4.79 Å². The molecule has 1 amide bonds. The van der Waals surface area contributed by atoms with Crippen LogP contribution in [0.15, 0.2) is 84.4 Å². The van der Waals surface area contributed by atoms with Crippen LogP contribution in [-0.2, 0) is 4.79 Å². The van der Waals surface area contributed by atoms with E-state index < -0.39 is 5.91 Å². The van der Waals surface area contributed by atoms with Crippen LogP contribution in [0.2, 0.25) is 0 Å². The lowest BCUT2D eigenvalue weighted by Gasteiger charge is -2.13. The number of carbonyl (C=O) groups excluding carboxylic acids is 1. The predicted molar refractivity (Wildman–Crippen MR) is 121 cm³/mol. The van der Waals surface area contributed by atoms with Gasteiger partial charge in [-0.1, -0.05) is 54.6 Å². The summed E-state index contributed by atoms with van der Waals surface area (Å²) in [4.78, 5) is 12.6. The van der Waals surface area contributed by atoms with Crippen LogP contribution in [0.3, 0.4) is 0 Å². The van der Waals surface area contributed by atoms with Gasteiger partial charge in [0.15, 0.2) is 0 Å². The first-order valence-electron chi connectivity index (χ1n) is 9.74. The Morgan fingerprint density at radius 1 is 0.967 bits per heavy atom. The number of hydrogen-bond acceptors (Lipinski definition) is 2. The fourth-order valence-corrected chi connectivity index (χ4v) is 3.73. The SMILES string of the molecule is Cc1cc(/C=C(/C#N)C(=O)Nc2ccccc2)c(C)n1-c1cccc2ccccc12. The molecule has 1 aromatic heterocycles. The summed E-state index contributed by atoms with van der Waals surface area (Å²) in [5, 5.41) is 14.7. The van der Waals surface area contributed by atoms with Gasteiger partial charge in [0.2, 0.25) is 0 Å². The highest BCUT2D eigenvalue weighted by molar-refractivity contribution is 6.09. The minimum atomic E-state index is -0.418. The molecular weight excluding hydrogens is 370 g/mol. The highest BCUT2D eigenvalue weighted by atomic mass is 16.1. The number of benzene rings is 3. The van der Waals surface area contributed by atoms with E-state index in [1.165, 1.54) is 5.39 Å². The lowest BCUT2D eigenvalue weighted by Crippen LogP contribution is -2.13. The van der Waals surface area contributed by atoms with Crippen molar-refractivity contribution in [3.05, 3.63) is 101 Å². The number of hydrogen-bond donors (Lipinski definition) is 1. The van der Waals surface area contributed by atoms with Crippen molar-refractivity contribution in [3.8, 4) is 11.8 Å². The summed E-state index contributed by atoms with van der Waals surface area (Å²) >= 11 is 0. The summed E-state index contributed by atoms with van der Waals surface area (Å²) in [5.74, 6) is -0.418. The van der Waals surface area contributed by atoms with E-state index in [9.17, 15) is 10.1 Å². The molecule has 0 radical (unpaired) electrons. The number of nitriles is 1. The van der Waals surface area contributed by atoms with Gasteiger partial charge in [0.25, 0.3) is 5.91 Å². The molecule has 0 atom stereocenters. The van der Waals surface area contributed by atoms with Crippen LogP contribution in [0.1, 0.15) is 17.0 Å². The van der Waals surface area contributed by atoms with Gasteiger partial charge >= 0.3 is 0 Å². The number of fused-ring (bicyclic) bond motifs is 1. The van der Waals surface area contributed by atoms with Gasteiger partial charge in [-0.25, -0.2) is 0 Å². The van der Waals surface area contributed by atoms with Crippen molar-refractivity contribution in [1.29, 1.82) is 5.26 Å². The summed E-state index contributed by atoms with van der Waals surface area (Å²) in [6.07, 6.45) is 1.65. The maximum Gasteiger partial charge on any atom is 0.266 e. The molecular formula is C26H21N3O. The number of aromatic nitrogens is 1. The molecule has 146 valence electrons. The molecule has 30 heavy (non-hydrogen) atoms. The van der Waals surface area contributed by atoms with E-state index in [0.29, 0.717) is 5.69 Å². The molecule has 0 saturated carbocycles. The molecule has 0 unspecified atom stereocenters. The van der Waals surface area contributed by atoms with Crippen molar-refractivity contribution in [1.82, 2.24) is 4.57 Å². The maximum absolute atomic E-state index is 12.6. The largest absolute Gasteiger partial charge is 0.321 e. The molecule has 4 nitrogen and oxygen atoms in total. The number of amides is 1. The van der Waals surface area contributed by atoms with E-state index in [1.54, 1.807) is 18.2 Å². The lowest BCUT2D eigenvalue weighted by atomic mass is 10.1. The van der Waals surface area contributed by atoms with Crippen LogP contribution >= 0.6 is 0 Å². The van der Waals surface area contributed by atoms with Gasteiger partial charge in [-0.15, -0.1) is 0 Å². The first-order chi connectivity index (χ1) is 14.6. The standard InChI is InChI=1S/C26H21N3O/c1-18-15-21(16-22(17-27)26(30)28-23-11-4-3-5-12-23)19(2)29(18)25-14-8-10-20-9-6-7-13-24(20)25/h3-16H,1-2H3,(H,28,30)/b22-16-. The van der Waals surface area contributed by atoms with E-state index in [2.05, 4.69) is 34.1 Å². The molecule has 0 aliphatic rings. The van der Waals surface area contributed by atoms with Crippen molar-refractivity contribution in [2.45, 2.75) is 13.8 Å². The van der Waals surface area contributed by atoms with Crippen LogP contribution in [0, 0.1) is 25.2 Å². The number of carbonyl (C=O) groups is 1. The van der Waals surface area contributed by atoms with Crippen LogP contribution in [0.4, 0.5) is 5.69 Å². The van der Waals surface area contributed by atoms with Gasteiger partial charge in [0.1, 0.15) is 11.6 Å². The fraction of sp³-hybridized carbons (Fsp3) is 0.0769. The Bertz CT molecular complexity index is 1300. The van der Waals surface area contributed by atoms with E-state index in [4.69, 9.17) is 0 Å². The minimum absolute atomic E-state index is 0.0667. The smallest absolute Gasteiger partial charge is 0.266 e. The van der Waals surface area contributed by atoms with E-state index >= 15 is 0 Å². The lowest BCUT2D eigenvalue weighted by molar-refractivity contribution is -0.112. The second-order valence-corrected chi connectivity index (χ2v) is 7.15. The van der Waals surface area contributed by atoms with Gasteiger partial charge in [-0.05, 0) is 55.1 Å². The van der Waals surface area contributed by atoms with Gasteiger partial charge in [0.05, 0.1) is 5.69 Å². The summed E-state index contributed by atoms with van der Waals surface area (Å²) in [6.45, 7) is 4.03. The molecule has 0 spiro atoms. The number of rotatable bonds is 4. The summed E-state index contributed by atoms with van der Waals surface area (Å²) in [6, 6.07) is 27.6. The molecule has 0 fully saturated rings. The molecule has 0 aliphatic heterocycles. The minimum Gasteiger partial charge on any atom is -0.321 e. The normalized spacial score (nSPS) is 11.3. The fourth-order valence-electron chi connectivity index (χ4n) is 3.73. The van der Waals surface area contributed by atoms with Gasteiger partial charge in [-0.3, -0.25) is 4.79 Å². The zero-order valence-corrected chi connectivity index (χ0v) is 16.9. The van der Waals surface area contributed by atoms with Gasteiger partial charge in [0, 0.05) is 22.5 Å². The Morgan fingerprint density at radius 2 is 1.67 bits per heavy atom. The molecule has 3 aromatic carbocycles. The van der Waals surface area contributed by atoms with Gasteiger partial charge in [-0.2, -0.15) is 5.26 Å². The third-order valence-electron chi connectivity index (χ3n) is 5.17. The van der Waals surface area contributed by atoms with E-state index in [1.807, 2.05) is 62.4 Å². The van der Waals surface area contributed by atoms with Crippen molar-refractivity contribution in [3.63, 3.8) is 0 Å². The molecule has 0 bridgehead atoms. The second-order valence-electron chi connectivity index (χ2n) is 7.15. The molecule has 4 aromatic rings. The predicted octanol–water partition coefficient (Wildman–Crippen LogP) is 5.79. The number of anilines is 1. The quantitative estimate of drug-likeness (QED) is 0.353. The Labute approximate surface area is 175 Å². The molecule has 4 heteroatoms. The third kappa shape index (κ3) is 3.61. The van der Waals surface area contributed by atoms with Crippen molar-refractivity contribution in [2.75, 3.05) is 5.32 Å². The second kappa shape index (κ2) is 8.10. The third-order valence-corrected chi connectivity index (χ3v) is 5.17. The van der Waals surface area contributed by atoms with Crippen LogP contribution in [-0.4, -0.2) is 10.5 Å². The zero-order chi connectivity index (χ0) is 21.1. The van der Waals surface area contributed by atoms with Crippen molar-refractivity contribution >= 4 is 28.4 Å². The molecule has 0 aliphatic carbocycles. The first-order valence-corrected chi connectivity index (χ1v) is 9.74. The number of para-hydroxylation sites is 1. The van der Waals surface area contributed by atoms with Crippen LogP contribution < -0.4 is 5.32 Å². The highest BCUT2D eigenvalue weighted by Gasteiger charge is 2.15. The highest BCUT2D eigenvalue weighted by Crippen LogP contribution is 2.28. The zero-order valence-electron chi connectivity index (χ0n) is 16.9. The Kier molecular flexibility index (Phi) is 5.19. The summed E-state index contributed by atoms with van der Waals surface area (Å²) in [7, 11) is 0. The molecule has 0 saturated heterocycles. The molecule has 1 heterocycles. The maximum atomic E-state index is 12.6. The summed E-state index contributed by atoms with van der Waals surface area (Å²) < 4.78 is 2.16. The number of nitrogens with one attached hydrogen (secondary N) is 1. The van der Waals surface area contributed by atoms with E-state index in [-0.39, 0.29) is 5.57 Å². The summed E-state index contributed by atoms with van der Waals surface area (Å²) in [5.41, 5.74) is 4.66. The molecule has 4 rings (SSSR count). The Morgan fingerprint density at radius 3 is 2.43 bits per heavy atom. The first kappa shape index (κ1) is 19.2. The number of aryl methyl sites for hydroxylation is 1. The van der Waals surface area contributed by atoms with E-state index in [0.717, 1.165) is 28.0 Å². The molecule has 1 N–H and O–H groups in total. The Balaban J connectivity index is 1.74.